The molecule has 1 N–H and O–H groups in total. The summed E-state index contributed by atoms with van der Waals surface area (Å²) in [6, 6.07) is 8.17. The van der Waals surface area contributed by atoms with Crippen LogP contribution in [0.4, 0.5) is 0 Å². The van der Waals surface area contributed by atoms with Gasteiger partial charge in [-0.15, -0.1) is 0 Å². The second kappa shape index (κ2) is 5.21. The molecule has 0 saturated carbocycles. The van der Waals surface area contributed by atoms with Crippen LogP contribution in [0.25, 0.3) is 10.9 Å². The van der Waals surface area contributed by atoms with Gasteiger partial charge in [-0.25, -0.2) is 0 Å². The second-order valence-electron chi connectivity index (χ2n) is 7.23. The summed E-state index contributed by atoms with van der Waals surface area (Å²) in [5.41, 5.74) is 2.50. The Hall–Kier alpha value is -1.77. The number of nitrogens with zero attached hydrogens (tertiary/aromatic N) is 1. The minimum Gasteiger partial charge on any atom is -0.361 e. The van der Waals surface area contributed by atoms with E-state index >= 15 is 0 Å². The average Bonchev–Trinajstić information content (AvgIpc) is 3.05. The average molecular weight is 284 g/mol. The van der Waals surface area contributed by atoms with Gasteiger partial charge in [0.25, 0.3) is 0 Å². The normalized spacial score (nSPS) is 19.4. The molecule has 1 aliphatic heterocycles. The maximum atomic E-state index is 12.5. The molecule has 1 aromatic carbocycles. The molecule has 1 amide bonds. The smallest absolute Gasteiger partial charge is 0.227 e. The lowest BCUT2D eigenvalue weighted by atomic mass is 9.80. The Labute approximate surface area is 126 Å². The van der Waals surface area contributed by atoms with E-state index in [1.165, 1.54) is 0 Å². The van der Waals surface area contributed by atoms with E-state index in [0.29, 0.717) is 12.3 Å². The molecule has 21 heavy (non-hydrogen) atoms. The zero-order valence-corrected chi connectivity index (χ0v) is 13.1. The predicted octanol–water partition coefficient (Wildman–Crippen LogP) is 3.61. The van der Waals surface area contributed by atoms with Crippen LogP contribution in [0.2, 0.25) is 0 Å². The number of hydrogen-bond donors (Lipinski definition) is 1. The number of likely N-dealkylation sites (tertiary alicyclic amines) is 1. The number of H-pyrrole nitrogens is 1. The Morgan fingerprint density at radius 1 is 1.33 bits per heavy atom. The van der Waals surface area contributed by atoms with E-state index in [1.54, 1.807) is 0 Å². The summed E-state index contributed by atoms with van der Waals surface area (Å²) in [6.07, 6.45) is 3.60. The summed E-state index contributed by atoms with van der Waals surface area (Å²) >= 11 is 0. The van der Waals surface area contributed by atoms with Crippen molar-refractivity contribution in [3.05, 3.63) is 36.0 Å². The van der Waals surface area contributed by atoms with E-state index in [2.05, 4.69) is 37.9 Å². The maximum Gasteiger partial charge on any atom is 0.227 e. The van der Waals surface area contributed by atoms with Gasteiger partial charge in [-0.3, -0.25) is 4.79 Å². The number of aromatic amines is 1. The van der Waals surface area contributed by atoms with E-state index in [1.807, 2.05) is 23.2 Å². The second-order valence-corrected chi connectivity index (χ2v) is 7.23. The van der Waals surface area contributed by atoms with Crippen molar-refractivity contribution in [2.24, 2.45) is 11.3 Å². The van der Waals surface area contributed by atoms with Crippen molar-refractivity contribution < 1.29 is 4.79 Å². The molecule has 0 bridgehead atoms. The number of aromatic nitrogens is 1. The third kappa shape index (κ3) is 2.82. The van der Waals surface area contributed by atoms with E-state index in [9.17, 15) is 4.79 Å². The summed E-state index contributed by atoms with van der Waals surface area (Å²) in [7, 11) is 0. The zero-order chi connectivity index (χ0) is 15.0. The molecule has 0 aliphatic carbocycles. The minimum absolute atomic E-state index is 0.256. The molecule has 1 aromatic heterocycles. The lowest BCUT2D eigenvalue weighted by Gasteiger charge is -2.27. The van der Waals surface area contributed by atoms with Gasteiger partial charge >= 0.3 is 0 Å². The van der Waals surface area contributed by atoms with Gasteiger partial charge in [0, 0.05) is 30.2 Å². The van der Waals surface area contributed by atoms with Gasteiger partial charge in [-0.2, -0.15) is 0 Å². The number of carbonyl (C=O) groups is 1. The van der Waals surface area contributed by atoms with Crippen LogP contribution in [0.5, 0.6) is 0 Å². The van der Waals surface area contributed by atoms with Crippen molar-refractivity contribution in [2.75, 3.05) is 13.1 Å². The fourth-order valence-corrected chi connectivity index (χ4v) is 3.25. The van der Waals surface area contributed by atoms with Gasteiger partial charge in [-0.05, 0) is 29.4 Å². The molecule has 2 heterocycles. The van der Waals surface area contributed by atoms with Crippen molar-refractivity contribution in [2.45, 2.75) is 33.6 Å². The molecule has 3 nitrogen and oxygen atoms in total. The van der Waals surface area contributed by atoms with Gasteiger partial charge < -0.3 is 9.88 Å². The van der Waals surface area contributed by atoms with Crippen molar-refractivity contribution in [1.29, 1.82) is 0 Å². The standard InChI is InChI=1S/C18H24N2O/c1-18(2,3)14-8-9-20(12-14)17(21)10-13-11-19-16-7-5-4-6-15(13)16/h4-7,11,14,19H,8-10,12H2,1-3H3. The predicted molar refractivity (Wildman–Crippen MR) is 86.1 cm³/mol. The number of benzene rings is 1. The van der Waals surface area contributed by atoms with Crippen LogP contribution in [0.15, 0.2) is 30.5 Å². The molecule has 1 fully saturated rings. The van der Waals surface area contributed by atoms with Crippen LogP contribution in [0.3, 0.4) is 0 Å². The van der Waals surface area contributed by atoms with Gasteiger partial charge in [0.1, 0.15) is 0 Å². The van der Waals surface area contributed by atoms with Gasteiger partial charge in [-0.1, -0.05) is 39.0 Å². The molecule has 112 valence electrons. The first-order valence-corrected chi connectivity index (χ1v) is 7.78. The summed E-state index contributed by atoms with van der Waals surface area (Å²) in [5, 5.41) is 1.16. The summed E-state index contributed by atoms with van der Waals surface area (Å²) in [5.74, 6) is 0.871. The number of amides is 1. The summed E-state index contributed by atoms with van der Waals surface area (Å²) < 4.78 is 0. The molecule has 1 aliphatic rings. The van der Waals surface area contributed by atoms with E-state index in [4.69, 9.17) is 0 Å². The van der Waals surface area contributed by atoms with E-state index in [0.717, 1.165) is 36.0 Å². The molecular weight excluding hydrogens is 260 g/mol. The zero-order valence-electron chi connectivity index (χ0n) is 13.1. The molecular formula is C18H24N2O. The fourth-order valence-electron chi connectivity index (χ4n) is 3.25. The molecule has 3 heteroatoms. The molecule has 1 saturated heterocycles. The SMILES string of the molecule is CC(C)(C)C1CCN(C(=O)Cc2c[nH]c3ccccc23)C1. The highest BCUT2D eigenvalue weighted by atomic mass is 16.2. The summed E-state index contributed by atoms with van der Waals surface area (Å²) in [6.45, 7) is 8.62. The van der Waals surface area contributed by atoms with Crippen LogP contribution in [-0.2, 0) is 11.2 Å². The fraction of sp³-hybridized carbons (Fsp3) is 0.500. The van der Waals surface area contributed by atoms with Crippen molar-refractivity contribution >= 4 is 16.8 Å². The largest absolute Gasteiger partial charge is 0.361 e. The highest BCUT2D eigenvalue weighted by Gasteiger charge is 2.33. The first-order chi connectivity index (χ1) is 9.95. The van der Waals surface area contributed by atoms with Crippen LogP contribution < -0.4 is 0 Å². The van der Waals surface area contributed by atoms with E-state index in [-0.39, 0.29) is 11.3 Å². The molecule has 0 radical (unpaired) electrons. The van der Waals surface area contributed by atoms with Crippen LogP contribution in [-0.4, -0.2) is 28.9 Å². The maximum absolute atomic E-state index is 12.5. The van der Waals surface area contributed by atoms with Crippen LogP contribution in [0, 0.1) is 11.3 Å². The Kier molecular flexibility index (Phi) is 3.52. The Morgan fingerprint density at radius 2 is 2.10 bits per heavy atom. The van der Waals surface area contributed by atoms with Gasteiger partial charge in [0.2, 0.25) is 5.91 Å². The van der Waals surface area contributed by atoms with E-state index < -0.39 is 0 Å². The van der Waals surface area contributed by atoms with Crippen molar-refractivity contribution in [3.63, 3.8) is 0 Å². The Bertz CT molecular complexity index is 651. The Morgan fingerprint density at radius 3 is 2.81 bits per heavy atom. The lowest BCUT2D eigenvalue weighted by molar-refractivity contribution is -0.129. The lowest BCUT2D eigenvalue weighted by Crippen LogP contribution is -2.32. The van der Waals surface area contributed by atoms with Crippen molar-refractivity contribution in [3.8, 4) is 0 Å². The summed E-state index contributed by atoms with van der Waals surface area (Å²) in [4.78, 5) is 17.8. The Balaban J connectivity index is 1.70. The number of carbonyl (C=O) groups excluding carboxylic acids is 1. The number of nitrogens with one attached hydrogen (secondary N) is 1. The molecule has 2 aromatic rings. The minimum atomic E-state index is 0.256. The highest BCUT2D eigenvalue weighted by molar-refractivity contribution is 5.88. The molecule has 0 spiro atoms. The van der Waals surface area contributed by atoms with Gasteiger partial charge in [0.15, 0.2) is 0 Å². The molecule has 1 unspecified atom stereocenters. The monoisotopic (exact) mass is 284 g/mol. The van der Waals surface area contributed by atoms with Crippen LogP contribution >= 0.6 is 0 Å². The number of para-hydroxylation sites is 1. The topological polar surface area (TPSA) is 36.1 Å². The van der Waals surface area contributed by atoms with Crippen LogP contribution in [0.1, 0.15) is 32.8 Å². The molecule has 3 rings (SSSR count). The van der Waals surface area contributed by atoms with Gasteiger partial charge in [0.05, 0.1) is 6.42 Å². The number of hydrogen-bond acceptors (Lipinski definition) is 1. The molecule has 1 atom stereocenters. The highest BCUT2D eigenvalue weighted by Crippen LogP contribution is 2.33. The number of fused-ring (bicyclic) bond motifs is 1. The van der Waals surface area contributed by atoms with Crippen molar-refractivity contribution in [1.82, 2.24) is 9.88 Å². The first-order valence-electron chi connectivity index (χ1n) is 7.78. The third-order valence-electron chi connectivity index (χ3n) is 4.78. The quantitative estimate of drug-likeness (QED) is 0.898. The number of rotatable bonds is 2. The first kappa shape index (κ1) is 14.2. The third-order valence-corrected chi connectivity index (χ3v) is 4.78.